The number of ether oxygens (including phenoxy) is 2. The van der Waals surface area contributed by atoms with Crippen LogP contribution in [0.3, 0.4) is 0 Å². The van der Waals surface area contributed by atoms with Crippen molar-refractivity contribution in [2.75, 3.05) is 6.61 Å². The number of carbonyl (C=O) groups excluding carboxylic acids is 1. The van der Waals surface area contributed by atoms with Gasteiger partial charge in [-0.05, 0) is 24.6 Å². The minimum absolute atomic E-state index is 0.0493. The fourth-order valence-corrected chi connectivity index (χ4v) is 1.99. The molecule has 0 aliphatic carbocycles. The molecule has 0 saturated heterocycles. The number of nitrogens with zero attached hydrogens (tertiary/aromatic N) is 1. The van der Waals surface area contributed by atoms with Gasteiger partial charge >= 0.3 is 12.3 Å². The number of hydrogen-bond donors (Lipinski definition) is 0. The van der Waals surface area contributed by atoms with Gasteiger partial charge in [0, 0.05) is 5.56 Å². The summed E-state index contributed by atoms with van der Waals surface area (Å²) in [6.45, 7) is 1.71. The van der Waals surface area contributed by atoms with E-state index >= 15 is 0 Å². The Hall–Kier alpha value is -1.94. The van der Waals surface area contributed by atoms with Gasteiger partial charge in [0.1, 0.15) is 5.75 Å². The maximum atomic E-state index is 12.3. The first-order chi connectivity index (χ1) is 9.82. The van der Waals surface area contributed by atoms with E-state index in [1.807, 2.05) is 0 Å². The molecule has 1 aromatic carbocycles. The molecule has 114 valence electrons. The summed E-state index contributed by atoms with van der Waals surface area (Å²) in [4.78, 5) is 11.5. The van der Waals surface area contributed by atoms with E-state index in [1.165, 1.54) is 0 Å². The van der Waals surface area contributed by atoms with Crippen molar-refractivity contribution in [3.05, 3.63) is 28.8 Å². The van der Waals surface area contributed by atoms with Crippen molar-refractivity contribution in [1.29, 1.82) is 5.26 Å². The molecule has 1 aromatic rings. The Morgan fingerprint density at radius 1 is 1.38 bits per heavy atom. The third kappa shape index (κ3) is 4.83. The van der Waals surface area contributed by atoms with Crippen molar-refractivity contribution in [2.45, 2.75) is 25.6 Å². The molecule has 0 radical (unpaired) electrons. The highest BCUT2D eigenvalue weighted by atomic mass is 35.5. The van der Waals surface area contributed by atoms with Crippen LogP contribution in [-0.2, 0) is 21.8 Å². The van der Waals surface area contributed by atoms with Crippen molar-refractivity contribution in [3.8, 4) is 11.8 Å². The lowest BCUT2D eigenvalue weighted by Crippen LogP contribution is -2.19. The molecule has 0 amide bonds. The summed E-state index contributed by atoms with van der Waals surface area (Å²) in [7, 11) is 0. The Labute approximate surface area is 124 Å². The smallest absolute Gasteiger partial charge is 0.466 e. The van der Waals surface area contributed by atoms with E-state index in [0.717, 1.165) is 12.1 Å². The summed E-state index contributed by atoms with van der Waals surface area (Å²) in [6, 6.07) is 3.95. The van der Waals surface area contributed by atoms with Gasteiger partial charge in [-0.25, -0.2) is 0 Å². The van der Waals surface area contributed by atoms with Gasteiger partial charge in [-0.1, -0.05) is 0 Å². The number of esters is 1. The van der Waals surface area contributed by atoms with Crippen LogP contribution in [0.4, 0.5) is 13.2 Å². The van der Waals surface area contributed by atoms with Gasteiger partial charge in [0.05, 0.1) is 30.5 Å². The molecule has 1 rings (SSSR count). The Morgan fingerprint density at radius 3 is 2.52 bits per heavy atom. The number of alkyl halides is 4. The molecule has 0 atom stereocenters. The zero-order valence-electron chi connectivity index (χ0n) is 11.0. The monoisotopic (exact) mass is 321 g/mol. The van der Waals surface area contributed by atoms with E-state index in [0.29, 0.717) is 0 Å². The third-order valence-electron chi connectivity index (χ3n) is 2.49. The van der Waals surface area contributed by atoms with E-state index in [1.54, 1.807) is 13.0 Å². The predicted octanol–water partition coefficient (Wildman–Crippen LogP) is 3.30. The molecule has 0 bridgehead atoms. The van der Waals surface area contributed by atoms with E-state index in [9.17, 15) is 18.0 Å². The Bertz CT molecular complexity index is 567. The molecule has 0 aliphatic rings. The molecular weight excluding hydrogens is 311 g/mol. The standard InChI is InChI=1S/C13H11ClF3NO3/c1-2-20-12(19)5-9-8(7-18)3-4-11(10(9)6-14)21-13(15,16)17/h3-4H,2,5-6H2,1H3. The lowest BCUT2D eigenvalue weighted by molar-refractivity contribution is -0.274. The van der Waals surface area contributed by atoms with Crippen molar-refractivity contribution in [2.24, 2.45) is 0 Å². The normalized spacial score (nSPS) is 10.9. The van der Waals surface area contributed by atoms with Gasteiger partial charge < -0.3 is 9.47 Å². The van der Waals surface area contributed by atoms with Crippen molar-refractivity contribution >= 4 is 17.6 Å². The fourth-order valence-electron chi connectivity index (χ4n) is 1.70. The van der Waals surface area contributed by atoms with Crippen molar-refractivity contribution in [1.82, 2.24) is 0 Å². The second kappa shape index (κ2) is 7.18. The highest BCUT2D eigenvalue weighted by Crippen LogP contribution is 2.32. The predicted molar refractivity (Wildman–Crippen MR) is 67.7 cm³/mol. The third-order valence-corrected chi connectivity index (χ3v) is 2.76. The molecule has 0 aliphatic heterocycles. The summed E-state index contributed by atoms with van der Waals surface area (Å²) in [5, 5.41) is 9.00. The molecule has 0 aromatic heterocycles. The van der Waals surface area contributed by atoms with E-state index in [-0.39, 0.29) is 35.6 Å². The summed E-state index contributed by atoms with van der Waals surface area (Å²) in [5.74, 6) is -1.53. The van der Waals surface area contributed by atoms with Crippen molar-refractivity contribution in [3.63, 3.8) is 0 Å². The van der Waals surface area contributed by atoms with E-state index in [2.05, 4.69) is 4.74 Å². The molecule has 0 spiro atoms. The van der Waals surface area contributed by atoms with Gasteiger partial charge in [-0.15, -0.1) is 24.8 Å². The molecule has 4 nitrogen and oxygen atoms in total. The van der Waals surface area contributed by atoms with Gasteiger partial charge in [-0.2, -0.15) is 5.26 Å². The first kappa shape index (κ1) is 17.1. The molecule has 0 heterocycles. The van der Waals surface area contributed by atoms with Gasteiger partial charge in [0.15, 0.2) is 0 Å². The number of hydrogen-bond acceptors (Lipinski definition) is 4. The average Bonchev–Trinajstić information content (AvgIpc) is 2.37. The molecule has 0 fully saturated rings. The number of carbonyl (C=O) groups is 1. The zero-order chi connectivity index (χ0) is 16.0. The second-order valence-electron chi connectivity index (χ2n) is 3.84. The Balaban J connectivity index is 3.27. The van der Waals surface area contributed by atoms with Crippen LogP contribution in [-0.4, -0.2) is 18.9 Å². The van der Waals surface area contributed by atoms with Crippen LogP contribution in [0.5, 0.6) is 5.75 Å². The first-order valence-corrected chi connectivity index (χ1v) is 6.38. The summed E-state index contributed by atoms with van der Waals surface area (Å²) in [6.07, 6.45) is -5.25. The van der Waals surface area contributed by atoms with Gasteiger partial charge in [-0.3, -0.25) is 4.79 Å². The van der Waals surface area contributed by atoms with Crippen LogP contribution < -0.4 is 4.74 Å². The maximum Gasteiger partial charge on any atom is 0.573 e. The summed E-state index contributed by atoms with van der Waals surface area (Å²) < 4.78 is 45.6. The highest BCUT2D eigenvalue weighted by molar-refractivity contribution is 6.17. The van der Waals surface area contributed by atoms with Crippen molar-refractivity contribution < 1.29 is 27.4 Å². The number of benzene rings is 1. The molecule has 0 unspecified atom stereocenters. The highest BCUT2D eigenvalue weighted by Gasteiger charge is 2.33. The van der Waals surface area contributed by atoms with Gasteiger partial charge in [0.25, 0.3) is 0 Å². The fraction of sp³-hybridized carbons (Fsp3) is 0.385. The molecular formula is C13H11ClF3NO3. The molecule has 21 heavy (non-hydrogen) atoms. The van der Waals surface area contributed by atoms with Crippen LogP contribution in [0.1, 0.15) is 23.6 Å². The minimum atomic E-state index is -4.89. The minimum Gasteiger partial charge on any atom is -0.466 e. The largest absolute Gasteiger partial charge is 0.573 e. The van der Waals surface area contributed by atoms with Crippen LogP contribution >= 0.6 is 11.6 Å². The van der Waals surface area contributed by atoms with E-state index < -0.39 is 18.1 Å². The zero-order valence-corrected chi connectivity index (χ0v) is 11.7. The summed E-state index contributed by atoms with van der Waals surface area (Å²) in [5.41, 5.74) is 0.0713. The SMILES string of the molecule is CCOC(=O)Cc1c(C#N)ccc(OC(F)(F)F)c1CCl. The van der Waals surface area contributed by atoms with Crippen LogP contribution in [0.2, 0.25) is 0 Å². The molecule has 8 heteroatoms. The lowest BCUT2D eigenvalue weighted by Gasteiger charge is -2.16. The molecule has 0 saturated carbocycles. The van der Waals surface area contributed by atoms with Crippen LogP contribution in [0, 0.1) is 11.3 Å². The van der Waals surface area contributed by atoms with Crippen LogP contribution in [0.25, 0.3) is 0 Å². The molecule has 0 N–H and O–H groups in total. The first-order valence-electron chi connectivity index (χ1n) is 5.84. The second-order valence-corrected chi connectivity index (χ2v) is 4.11. The topological polar surface area (TPSA) is 59.3 Å². The summed E-state index contributed by atoms with van der Waals surface area (Å²) >= 11 is 5.65. The van der Waals surface area contributed by atoms with Gasteiger partial charge in [0.2, 0.25) is 0 Å². The quantitative estimate of drug-likeness (QED) is 0.616. The lowest BCUT2D eigenvalue weighted by atomic mass is 9.99. The number of rotatable bonds is 5. The average molecular weight is 322 g/mol. The number of halogens is 4. The Kier molecular flexibility index (Phi) is 5.85. The maximum absolute atomic E-state index is 12.3. The number of nitriles is 1. The van der Waals surface area contributed by atoms with E-state index in [4.69, 9.17) is 21.6 Å². The van der Waals surface area contributed by atoms with Crippen LogP contribution in [0.15, 0.2) is 12.1 Å². The Morgan fingerprint density at radius 2 is 2.05 bits per heavy atom.